The van der Waals surface area contributed by atoms with Crippen LogP contribution in [0.25, 0.3) is 0 Å². The molecule has 0 atom stereocenters. The first-order chi connectivity index (χ1) is 10.2. The molecule has 5 nitrogen and oxygen atoms in total. The SMILES string of the molecule is C=C1CCN(c2ccc(OC3CCNCC3)cc2)C(=O)N1. The molecule has 2 amide bonds. The maximum absolute atomic E-state index is 11.9. The van der Waals surface area contributed by atoms with Gasteiger partial charge in [0.2, 0.25) is 0 Å². The highest BCUT2D eigenvalue weighted by Gasteiger charge is 2.21. The van der Waals surface area contributed by atoms with Crippen LogP contribution in [-0.4, -0.2) is 31.8 Å². The van der Waals surface area contributed by atoms with Crippen LogP contribution in [0, 0.1) is 0 Å². The van der Waals surface area contributed by atoms with Crippen LogP contribution in [0.1, 0.15) is 19.3 Å². The third-order valence-electron chi connectivity index (χ3n) is 3.90. The van der Waals surface area contributed by atoms with Gasteiger partial charge in [-0.25, -0.2) is 4.79 Å². The Kier molecular flexibility index (Phi) is 4.10. The monoisotopic (exact) mass is 287 g/mol. The summed E-state index contributed by atoms with van der Waals surface area (Å²) in [6, 6.07) is 7.63. The molecule has 5 heteroatoms. The van der Waals surface area contributed by atoms with Crippen LogP contribution >= 0.6 is 0 Å². The van der Waals surface area contributed by atoms with E-state index in [0.29, 0.717) is 12.6 Å². The van der Waals surface area contributed by atoms with E-state index in [1.54, 1.807) is 4.90 Å². The Hall–Kier alpha value is -2.01. The van der Waals surface area contributed by atoms with Gasteiger partial charge in [-0.05, 0) is 50.2 Å². The van der Waals surface area contributed by atoms with Gasteiger partial charge in [0.1, 0.15) is 11.9 Å². The number of carbonyl (C=O) groups is 1. The Bertz CT molecular complexity index is 521. The Morgan fingerprint density at radius 1 is 1.19 bits per heavy atom. The van der Waals surface area contributed by atoms with Crippen molar-refractivity contribution in [2.45, 2.75) is 25.4 Å². The molecule has 3 rings (SSSR count). The second-order valence-electron chi connectivity index (χ2n) is 5.50. The van der Waals surface area contributed by atoms with E-state index in [0.717, 1.165) is 49.5 Å². The minimum Gasteiger partial charge on any atom is -0.490 e. The Morgan fingerprint density at radius 2 is 1.90 bits per heavy atom. The summed E-state index contributed by atoms with van der Waals surface area (Å²) in [5, 5.41) is 6.09. The molecule has 0 unspecified atom stereocenters. The van der Waals surface area contributed by atoms with Gasteiger partial charge in [-0.15, -0.1) is 0 Å². The minimum atomic E-state index is -0.113. The van der Waals surface area contributed by atoms with Crippen LogP contribution < -0.4 is 20.3 Å². The molecule has 0 bridgehead atoms. The molecule has 0 saturated carbocycles. The molecule has 2 heterocycles. The molecular weight excluding hydrogens is 266 g/mol. The van der Waals surface area contributed by atoms with E-state index in [1.807, 2.05) is 24.3 Å². The van der Waals surface area contributed by atoms with E-state index in [4.69, 9.17) is 4.74 Å². The molecular formula is C16H21N3O2. The number of piperidine rings is 1. The van der Waals surface area contributed by atoms with Crippen LogP contribution in [0.5, 0.6) is 5.75 Å². The van der Waals surface area contributed by atoms with Crippen molar-refractivity contribution >= 4 is 11.7 Å². The number of nitrogens with one attached hydrogen (secondary N) is 2. The fraction of sp³-hybridized carbons (Fsp3) is 0.438. The van der Waals surface area contributed by atoms with Crippen LogP contribution in [0.15, 0.2) is 36.5 Å². The van der Waals surface area contributed by atoms with Crippen molar-refractivity contribution in [2.75, 3.05) is 24.5 Å². The highest BCUT2D eigenvalue weighted by molar-refractivity contribution is 5.94. The summed E-state index contributed by atoms with van der Waals surface area (Å²) in [5.74, 6) is 0.868. The van der Waals surface area contributed by atoms with Crippen molar-refractivity contribution in [1.29, 1.82) is 0 Å². The van der Waals surface area contributed by atoms with Crippen molar-refractivity contribution in [2.24, 2.45) is 0 Å². The lowest BCUT2D eigenvalue weighted by molar-refractivity contribution is 0.162. The van der Waals surface area contributed by atoms with Gasteiger partial charge in [0.15, 0.2) is 0 Å². The summed E-state index contributed by atoms with van der Waals surface area (Å²) in [6.07, 6.45) is 3.15. The Balaban J connectivity index is 1.63. The number of amides is 2. The average molecular weight is 287 g/mol. The number of anilines is 1. The van der Waals surface area contributed by atoms with E-state index in [2.05, 4.69) is 17.2 Å². The molecule has 2 N–H and O–H groups in total. The van der Waals surface area contributed by atoms with Crippen molar-refractivity contribution < 1.29 is 9.53 Å². The first-order valence-electron chi connectivity index (χ1n) is 7.46. The zero-order chi connectivity index (χ0) is 14.7. The third kappa shape index (κ3) is 3.36. The number of rotatable bonds is 3. The molecule has 0 aliphatic carbocycles. The van der Waals surface area contributed by atoms with Gasteiger partial charge in [-0.1, -0.05) is 6.58 Å². The number of hydrogen-bond acceptors (Lipinski definition) is 3. The first kappa shape index (κ1) is 13.9. The fourth-order valence-electron chi connectivity index (χ4n) is 2.69. The van der Waals surface area contributed by atoms with Gasteiger partial charge in [0.05, 0.1) is 0 Å². The number of ether oxygens (including phenoxy) is 1. The van der Waals surface area contributed by atoms with Crippen LogP contribution in [-0.2, 0) is 0 Å². The molecule has 21 heavy (non-hydrogen) atoms. The zero-order valence-electron chi connectivity index (χ0n) is 12.1. The Morgan fingerprint density at radius 3 is 2.57 bits per heavy atom. The third-order valence-corrected chi connectivity index (χ3v) is 3.90. The predicted molar refractivity (Wildman–Crippen MR) is 82.6 cm³/mol. The minimum absolute atomic E-state index is 0.113. The van der Waals surface area contributed by atoms with Crippen molar-refractivity contribution in [3.63, 3.8) is 0 Å². The largest absolute Gasteiger partial charge is 0.490 e. The number of urea groups is 1. The summed E-state index contributed by atoms with van der Waals surface area (Å²) in [5.41, 5.74) is 1.67. The van der Waals surface area contributed by atoms with E-state index in [9.17, 15) is 4.79 Å². The van der Waals surface area contributed by atoms with Crippen molar-refractivity contribution in [1.82, 2.24) is 10.6 Å². The van der Waals surface area contributed by atoms with Gasteiger partial charge in [-0.3, -0.25) is 4.90 Å². The van der Waals surface area contributed by atoms with Gasteiger partial charge in [0, 0.05) is 24.4 Å². The molecule has 112 valence electrons. The maximum atomic E-state index is 11.9. The second-order valence-corrected chi connectivity index (χ2v) is 5.50. The van der Waals surface area contributed by atoms with Gasteiger partial charge < -0.3 is 15.4 Å². The highest BCUT2D eigenvalue weighted by atomic mass is 16.5. The van der Waals surface area contributed by atoms with Gasteiger partial charge in [0.25, 0.3) is 0 Å². The quantitative estimate of drug-likeness (QED) is 0.896. The fourth-order valence-corrected chi connectivity index (χ4v) is 2.69. The number of nitrogens with zero attached hydrogens (tertiary/aromatic N) is 1. The first-order valence-corrected chi connectivity index (χ1v) is 7.46. The average Bonchev–Trinajstić information content (AvgIpc) is 2.49. The summed E-state index contributed by atoms with van der Waals surface area (Å²) in [7, 11) is 0. The number of benzene rings is 1. The highest BCUT2D eigenvalue weighted by Crippen LogP contribution is 2.23. The lowest BCUT2D eigenvalue weighted by Crippen LogP contribution is -2.45. The van der Waals surface area contributed by atoms with Gasteiger partial charge in [-0.2, -0.15) is 0 Å². The zero-order valence-corrected chi connectivity index (χ0v) is 12.1. The van der Waals surface area contributed by atoms with Crippen molar-refractivity contribution in [3.8, 4) is 5.75 Å². The molecule has 0 radical (unpaired) electrons. The molecule has 2 saturated heterocycles. The molecule has 2 aliphatic heterocycles. The standard InChI is InChI=1S/C16H21N3O2/c1-12-8-11-19(16(20)18-12)13-2-4-14(5-3-13)21-15-6-9-17-10-7-15/h2-5,15,17H,1,6-11H2,(H,18,20). The van der Waals surface area contributed by atoms with Gasteiger partial charge >= 0.3 is 6.03 Å². The normalized spacial score (nSPS) is 20.3. The van der Waals surface area contributed by atoms with Crippen LogP contribution in [0.2, 0.25) is 0 Å². The van der Waals surface area contributed by atoms with E-state index < -0.39 is 0 Å². The molecule has 0 spiro atoms. The lowest BCUT2D eigenvalue weighted by Gasteiger charge is -2.29. The second kappa shape index (κ2) is 6.18. The summed E-state index contributed by atoms with van der Waals surface area (Å²) < 4.78 is 5.97. The topological polar surface area (TPSA) is 53.6 Å². The van der Waals surface area contributed by atoms with E-state index in [1.165, 1.54) is 0 Å². The summed E-state index contributed by atoms with van der Waals surface area (Å²) in [4.78, 5) is 13.6. The van der Waals surface area contributed by atoms with E-state index in [-0.39, 0.29) is 6.03 Å². The number of carbonyl (C=O) groups excluding carboxylic acids is 1. The van der Waals surface area contributed by atoms with Crippen LogP contribution in [0.3, 0.4) is 0 Å². The smallest absolute Gasteiger partial charge is 0.326 e. The number of hydrogen-bond donors (Lipinski definition) is 2. The Labute approximate surface area is 125 Å². The van der Waals surface area contributed by atoms with E-state index >= 15 is 0 Å². The lowest BCUT2D eigenvalue weighted by atomic mass is 10.1. The van der Waals surface area contributed by atoms with Crippen LogP contribution in [0.4, 0.5) is 10.5 Å². The van der Waals surface area contributed by atoms with Crippen molar-refractivity contribution in [3.05, 3.63) is 36.5 Å². The maximum Gasteiger partial charge on any atom is 0.326 e. The summed E-state index contributed by atoms with van der Waals surface area (Å²) in [6.45, 7) is 6.48. The summed E-state index contributed by atoms with van der Waals surface area (Å²) >= 11 is 0. The molecule has 1 aromatic rings. The molecule has 0 aromatic heterocycles. The molecule has 1 aromatic carbocycles. The molecule has 2 aliphatic rings. The molecule has 2 fully saturated rings. The predicted octanol–water partition coefficient (Wildman–Crippen LogP) is 2.25.